The van der Waals surface area contributed by atoms with Gasteiger partial charge in [0.1, 0.15) is 48.4 Å². The monoisotopic (exact) mass is 818 g/mol. The van der Waals surface area contributed by atoms with Crippen molar-refractivity contribution in [3.8, 4) is 45.1 Å². The topological polar surface area (TPSA) is 193 Å². The van der Waals surface area contributed by atoms with E-state index < -0.39 is 24.3 Å². The van der Waals surface area contributed by atoms with Gasteiger partial charge in [-0.3, -0.25) is 9.59 Å². The van der Waals surface area contributed by atoms with Crippen LogP contribution in [0.25, 0.3) is 33.6 Å². The van der Waals surface area contributed by atoms with Gasteiger partial charge in [-0.1, -0.05) is 12.8 Å². The van der Waals surface area contributed by atoms with E-state index in [4.69, 9.17) is 28.9 Å². The largest absolute Gasteiger partial charge is 0.488 e. The number of nitrogens with zero attached hydrogens (tertiary/aromatic N) is 4. The van der Waals surface area contributed by atoms with Gasteiger partial charge in [0.05, 0.1) is 50.1 Å². The van der Waals surface area contributed by atoms with Crippen molar-refractivity contribution in [1.82, 2.24) is 40.4 Å². The quantitative estimate of drug-likeness (QED) is 0.141. The second kappa shape index (κ2) is 15.5. The number of hydrogen-bond donors (Lipinski definition) is 4. The molecule has 4 aliphatic heterocycles. The number of ether oxygens (including phenoxy) is 4. The third-order valence-electron chi connectivity index (χ3n) is 13.6. The van der Waals surface area contributed by atoms with E-state index in [1.807, 2.05) is 34.3 Å². The molecular weight excluding hydrogens is 769 g/mol. The van der Waals surface area contributed by atoms with Crippen LogP contribution in [0.2, 0.25) is 0 Å². The Morgan fingerprint density at radius 3 is 1.47 bits per heavy atom. The molecule has 2 saturated heterocycles. The molecule has 16 nitrogen and oxygen atoms in total. The Morgan fingerprint density at radius 1 is 0.650 bits per heavy atom. The van der Waals surface area contributed by atoms with E-state index in [2.05, 4.69) is 32.7 Å². The third-order valence-corrected chi connectivity index (χ3v) is 13.6. The van der Waals surface area contributed by atoms with Crippen LogP contribution >= 0.6 is 0 Å². The molecule has 4 amide bonds. The van der Waals surface area contributed by atoms with Crippen molar-refractivity contribution in [2.75, 3.05) is 27.3 Å². The van der Waals surface area contributed by atoms with Gasteiger partial charge in [-0.25, -0.2) is 19.6 Å². The Balaban J connectivity index is 0.871. The number of carbonyl (C=O) groups excluding carboxylic acids is 4. The Labute approximate surface area is 347 Å². The number of nitrogens with one attached hydrogen (secondary N) is 4. The molecule has 2 aromatic heterocycles. The van der Waals surface area contributed by atoms with E-state index in [1.165, 1.54) is 14.2 Å². The number of methoxy groups -OCH3 is 2. The van der Waals surface area contributed by atoms with Crippen LogP contribution in [0.1, 0.15) is 99.1 Å². The van der Waals surface area contributed by atoms with Crippen molar-refractivity contribution < 1.29 is 38.1 Å². The molecule has 4 fully saturated rings. The van der Waals surface area contributed by atoms with Crippen LogP contribution in [0, 0.1) is 11.8 Å². The van der Waals surface area contributed by atoms with E-state index in [-0.39, 0.29) is 35.7 Å². The number of alkyl carbamates (subject to hydrolysis) is 2. The van der Waals surface area contributed by atoms with Crippen molar-refractivity contribution in [2.45, 2.75) is 102 Å². The van der Waals surface area contributed by atoms with E-state index in [1.54, 1.807) is 0 Å². The molecule has 314 valence electrons. The maximum absolute atomic E-state index is 13.9. The minimum absolute atomic E-state index is 0.0872. The van der Waals surface area contributed by atoms with E-state index >= 15 is 0 Å². The zero-order valence-corrected chi connectivity index (χ0v) is 33.9. The highest BCUT2D eigenvalue weighted by molar-refractivity contribution is 5.89. The van der Waals surface area contributed by atoms with Crippen molar-refractivity contribution in [2.24, 2.45) is 11.8 Å². The fourth-order valence-corrected chi connectivity index (χ4v) is 9.96. The van der Waals surface area contributed by atoms with Crippen LogP contribution in [0.15, 0.2) is 36.7 Å². The highest BCUT2D eigenvalue weighted by atomic mass is 16.5. The van der Waals surface area contributed by atoms with Gasteiger partial charge in [-0.05, 0) is 87.5 Å². The van der Waals surface area contributed by atoms with E-state index in [0.29, 0.717) is 38.0 Å². The Kier molecular flexibility index (Phi) is 9.87. The highest BCUT2D eigenvalue weighted by Gasteiger charge is 2.43. The smallest absolute Gasteiger partial charge is 0.407 e. The molecule has 6 heterocycles. The Bertz CT molecular complexity index is 2140. The van der Waals surface area contributed by atoms with Crippen molar-refractivity contribution in [3.05, 3.63) is 59.4 Å². The maximum Gasteiger partial charge on any atom is 0.407 e. The molecule has 6 aliphatic rings. The predicted molar refractivity (Wildman–Crippen MR) is 216 cm³/mol. The summed E-state index contributed by atoms with van der Waals surface area (Å²) in [6, 6.07) is 6.64. The number of hydrogen-bond acceptors (Lipinski definition) is 10. The van der Waals surface area contributed by atoms with Gasteiger partial charge in [-0.15, -0.1) is 0 Å². The van der Waals surface area contributed by atoms with Crippen molar-refractivity contribution >= 4 is 24.0 Å². The van der Waals surface area contributed by atoms with Crippen molar-refractivity contribution in [1.29, 1.82) is 0 Å². The molecule has 2 aromatic carbocycles. The summed E-state index contributed by atoms with van der Waals surface area (Å²) < 4.78 is 22.6. The van der Waals surface area contributed by atoms with Crippen LogP contribution in [-0.4, -0.2) is 93.1 Å². The van der Waals surface area contributed by atoms with Gasteiger partial charge in [0, 0.05) is 46.5 Å². The summed E-state index contributed by atoms with van der Waals surface area (Å²) in [4.78, 5) is 72.3. The molecule has 4 aromatic rings. The first-order chi connectivity index (χ1) is 29.3. The second-order valence-corrected chi connectivity index (χ2v) is 16.9. The summed E-state index contributed by atoms with van der Waals surface area (Å²) in [5.41, 5.74) is 7.51. The number of amides is 4. The summed E-state index contributed by atoms with van der Waals surface area (Å²) in [5, 5.41) is 5.61. The second-order valence-electron chi connectivity index (χ2n) is 16.9. The van der Waals surface area contributed by atoms with Crippen LogP contribution in [0.5, 0.6) is 11.5 Å². The standard InChI is InChI=1S/C44H50N8O8/c1-57-43(55)49-37(23-7-3-8-23)41(53)51-13-5-11-31(51)39-45-19-29(47-39)25-15-27-21-60-34-18-26(16-28-22-59-33(17-25)35(27)36(28)34)30-20-46-40(48-30)32-12-6-14-52(32)42(54)38(24-9-4-10-24)50-44(56)58-2/h15-20,23-24,31-32,37-38H,3-14,21-22H2,1-2H3,(H,45,47)(H,46,48)(H,49,55)(H,50,56)/t31-,32?,37?,38-/m0/s1. The van der Waals surface area contributed by atoms with E-state index in [0.717, 1.165) is 120 Å². The summed E-state index contributed by atoms with van der Waals surface area (Å²) >= 11 is 0. The first-order valence-electron chi connectivity index (χ1n) is 21.3. The summed E-state index contributed by atoms with van der Waals surface area (Å²) in [7, 11) is 2.63. The number of imidazole rings is 2. The first-order valence-corrected chi connectivity index (χ1v) is 21.3. The number of H-pyrrole nitrogens is 2. The van der Waals surface area contributed by atoms with Gasteiger partial charge in [-0.2, -0.15) is 0 Å². The number of aromatic amines is 2. The van der Waals surface area contributed by atoms with Gasteiger partial charge < -0.3 is 49.3 Å². The van der Waals surface area contributed by atoms with Gasteiger partial charge in [0.25, 0.3) is 0 Å². The van der Waals surface area contributed by atoms with Crippen LogP contribution < -0.4 is 20.1 Å². The van der Waals surface area contributed by atoms with Crippen LogP contribution in [0.3, 0.4) is 0 Å². The number of likely N-dealkylation sites (tertiary alicyclic amines) is 2. The number of aromatic nitrogens is 4. The molecular formula is C44H50N8O8. The Morgan fingerprint density at radius 2 is 1.08 bits per heavy atom. The molecule has 0 spiro atoms. The molecule has 16 heteroatoms. The van der Waals surface area contributed by atoms with E-state index in [9.17, 15) is 19.2 Å². The molecule has 2 saturated carbocycles. The molecule has 10 rings (SSSR count). The zero-order chi connectivity index (χ0) is 41.1. The minimum Gasteiger partial charge on any atom is -0.488 e. The summed E-state index contributed by atoms with van der Waals surface area (Å²) in [5.74, 6) is 3.02. The molecule has 2 aliphatic carbocycles. The van der Waals surface area contributed by atoms with Crippen LogP contribution in [-0.2, 0) is 32.3 Å². The number of carbonyl (C=O) groups is 4. The van der Waals surface area contributed by atoms with Crippen LogP contribution in [0.4, 0.5) is 9.59 Å². The molecule has 60 heavy (non-hydrogen) atoms. The summed E-state index contributed by atoms with van der Waals surface area (Å²) in [6.45, 7) is 1.91. The normalized spacial score (nSPS) is 21.4. The maximum atomic E-state index is 13.9. The molecule has 0 bridgehead atoms. The molecule has 0 radical (unpaired) electrons. The molecule has 4 atom stereocenters. The molecule has 2 unspecified atom stereocenters. The minimum atomic E-state index is -0.610. The average molecular weight is 819 g/mol. The highest BCUT2D eigenvalue weighted by Crippen LogP contribution is 2.51. The SMILES string of the molecule is COC(=O)NC(C(=O)N1CCC[C@H]1c1ncc(-c2cc3c4c(c2)OCc2cc(-c5cnc(C6CCCN6C(=O)[C@@H](NC(=O)OC)C6CCC6)[nH]5)cc(c2-4)OC3)[nH]1)C1CCC1. The fraction of sp³-hybridized carbons (Fsp3) is 0.500. The van der Waals surface area contributed by atoms with Gasteiger partial charge >= 0.3 is 12.2 Å². The lowest BCUT2D eigenvalue weighted by atomic mass is 9.79. The average Bonchev–Trinajstić information content (AvgIpc) is 4.07. The predicted octanol–water partition coefficient (Wildman–Crippen LogP) is 6.30. The van der Waals surface area contributed by atoms with Crippen molar-refractivity contribution in [3.63, 3.8) is 0 Å². The lowest BCUT2D eigenvalue weighted by Crippen LogP contribution is -2.53. The lowest BCUT2D eigenvalue weighted by Gasteiger charge is -2.36. The zero-order valence-electron chi connectivity index (χ0n) is 33.9. The lowest BCUT2D eigenvalue weighted by molar-refractivity contribution is -0.137. The fourth-order valence-electron chi connectivity index (χ4n) is 9.96. The number of rotatable bonds is 10. The van der Waals surface area contributed by atoms with Gasteiger partial charge in [0.2, 0.25) is 11.8 Å². The van der Waals surface area contributed by atoms with Gasteiger partial charge in [0.15, 0.2) is 0 Å². The third kappa shape index (κ3) is 6.69. The Hall–Kier alpha value is -6.06. The summed E-state index contributed by atoms with van der Waals surface area (Å²) in [6.07, 6.45) is 11.4. The first kappa shape index (κ1) is 38.2. The molecule has 4 N–H and O–H groups in total. The number of benzene rings is 2.